The van der Waals surface area contributed by atoms with E-state index >= 15 is 0 Å². The molecule has 0 heterocycles. The molecule has 6 heteroatoms. The predicted octanol–water partition coefficient (Wildman–Crippen LogP) is 0.727. The molecule has 0 aliphatic rings. The molecule has 0 aliphatic carbocycles. The van der Waals surface area contributed by atoms with E-state index in [1.807, 2.05) is 21.0 Å². The van der Waals surface area contributed by atoms with Crippen molar-refractivity contribution in [2.24, 2.45) is 5.41 Å². The van der Waals surface area contributed by atoms with Gasteiger partial charge < -0.3 is 25.4 Å². The first kappa shape index (κ1) is 20.3. The van der Waals surface area contributed by atoms with Gasteiger partial charge in [0.2, 0.25) is 5.91 Å². The first-order chi connectivity index (χ1) is 9.77. The van der Waals surface area contributed by atoms with Crippen LogP contribution >= 0.6 is 0 Å². The number of nitrogens with one attached hydrogen (secondary N) is 3. The van der Waals surface area contributed by atoms with Gasteiger partial charge in [-0.2, -0.15) is 0 Å². The van der Waals surface area contributed by atoms with Crippen LogP contribution in [0.5, 0.6) is 0 Å². The minimum Gasteiger partial charge on any atom is -0.354 e. The molecule has 0 aromatic heterocycles. The zero-order valence-electron chi connectivity index (χ0n) is 14.5. The molecule has 21 heavy (non-hydrogen) atoms. The largest absolute Gasteiger partial charge is 0.354 e. The van der Waals surface area contributed by atoms with Crippen LogP contribution in [0.25, 0.3) is 0 Å². The molecule has 0 rings (SSSR count). The van der Waals surface area contributed by atoms with E-state index < -0.39 is 5.79 Å². The van der Waals surface area contributed by atoms with E-state index in [0.717, 1.165) is 6.54 Å². The van der Waals surface area contributed by atoms with Crippen LogP contribution in [0, 0.1) is 5.41 Å². The molecule has 1 amide bonds. The summed E-state index contributed by atoms with van der Waals surface area (Å²) in [6.07, 6.45) is 0.478. The van der Waals surface area contributed by atoms with E-state index in [4.69, 9.17) is 9.47 Å². The first-order valence-electron chi connectivity index (χ1n) is 7.60. The Morgan fingerprint density at radius 3 is 1.90 bits per heavy atom. The summed E-state index contributed by atoms with van der Waals surface area (Å²) in [5.74, 6) is -0.652. The maximum absolute atomic E-state index is 11.5. The molecular formula is C15H33N3O3. The van der Waals surface area contributed by atoms with Gasteiger partial charge in [0.1, 0.15) is 0 Å². The highest BCUT2D eigenvalue weighted by molar-refractivity contribution is 5.75. The van der Waals surface area contributed by atoms with Crippen molar-refractivity contribution in [2.45, 2.75) is 39.9 Å². The molecule has 0 bridgehead atoms. The summed E-state index contributed by atoms with van der Waals surface area (Å²) in [6, 6.07) is 0. The van der Waals surface area contributed by atoms with Gasteiger partial charge in [-0.15, -0.1) is 0 Å². The monoisotopic (exact) mass is 303 g/mol. The van der Waals surface area contributed by atoms with Gasteiger partial charge in [0.05, 0.1) is 13.2 Å². The lowest BCUT2D eigenvalue weighted by atomic mass is 9.86. The number of ether oxygens (including phenoxy) is 2. The van der Waals surface area contributed by atoms with Gasteiger partial charge >= 0.3 is 0 Å². The Morgan fingerprint density at radius 2 is 1.43 bits per heavy atom. The number of rotatable bonds is 11. The normalized spacial score (nSPS) is 14.8. The van der Waals surface area contributed by atoms with Gasteiger partial charge in [-0.25, -0.2) is 0 Å². The average Bonchev–Trinajstić information content (AvgIpc) is 2.40. The van der Waals surface area contributed by atoms with Gasteiger partial charge in [0.25, 0.3) is 0 Å². The molecule has 6 nitrogen and oxygen atoms in total. The summed E-state index contributed by atoms with van der Waals surface area (Å²) < 4.78 is 11.8. The van der Waals surface area contributed by atoms with Gasteiger partial charge in [0.15, 0.2) is 5.79 Å². The third kappa shape index (κ3) is 8.36. The second-order valence-corrected chi connectivity index (χ2v) is 6.20. The molecule has 0 fully saturated rings. The van der Waals surface area contributed by atoms with Crippen LogP contribution in [0.3, 0.4) is 0 Å². The zero-order valence-corrected chi connectivity index (χ0v) is 14.5. The number of hydrogen-bond donors (Lipinski definition) is 3. The fraction of sp³-hybridized carbons (Fsp3) is 0.933. The van der Waals surface area contributed by atoms with Crippen molar-refractivity contribution in [2.75, 3.05) is 46.9 Å². The average molecular weight is 303 g/mol. The van der Waals surface area contributed by atoms with E-state index in [2.05, 4.69) is 36.7 Å². The SMILES string of the molecule is CNCCOC(C)(OCCNC(=O)CCNC)C(C)(C)C. The maximum atomic E-state index is 11.5. The summed E-state index contributed by atoms with van der Waals surface area (Å²) in [5, 5.41) is 8.83. The standard InChI is InChI=1S/C15H33N3O3/c1-14(2,3)15(4,20-11-9-17-6)21-12-10-18-13(19)7-8-16-5/h16-17H,7-12H2,1-6H3,(H,18,19). The van der Waals surface area contributed by atoms with Crippen molar-refractivity contribution in [3.05, 3.63) is 0 Å². The van der Waals surface area contributed by atoms with E-state index in [9.17, 15) is 4.79 Å². The quantitative estimate of drug-likeness (QED) is 0.388. The van der Waals surface area contributed by atoms with E-state index in [1.165, 1.54) is 0 Å². The highest BCUT2D eigenvalue weighted by Crippen LogP contribution is 2.34. The Kier molecular flexibility index (Phi) is 9.77. The molecule has 3 N–H and O–H groups in total. The molecule has 0 aromatic carbocycles. The third-order valence-corrected chi connectivity index (χ3v) is 3.50. The van der Waals surface area contributed by atoms with Crippen LogP contribution in [0.15, 0.2) is 0 Å². The summed E-state index contributed by atoms with van der Waals surface area (Å²) >= 11 is 0. The van der Waals surface area contributed by atoms with Crippen LogP contribution in [0.4, 0.5) is 0 Å². The van der Waals surface area contributed by atoms with E-state index in [1.54, 1.807) is 0 Å². The molecule has 0 saturated carbocycles. The minimum atomic E-state index is -0.681. The zero-order chi connectivity index (χ0) is 16.4. The maximum Gasteiger partial charge on any atom is 0.221 e. The van der Waals surface area contributed by atoms with Crippen LogP contribution in [-0.2, 0) is 14.3 Å². The molecule has 126 valence electrons. The van der Waals surface area contributed by atoms with Gasteiger partial charge in [-0.1, -0.05) is 20.8 Å². The Bertz CT molecular complexity index is 292. The van der Waals surface area contributed by atoms with Crippen LogP contribution in [0.2, 0.25) is 0 Å². The summed E-state index contributed by atoms with van der Waals surface area (Å²) in [7, 11) is 3.72. The van der Waals surface area contributed by atoms with Crippen molar-refractivity contribution >= 4 is 5.91 Å². The molecule has 1 unspecified atom stereocenters. The lowest BCUT2D eigenvalue weighted by Crippen LogP contribution is -2.47. The van der Waals surface area contributed by atoms with Crippen molar-refractivity contribution in [1.29, 1.82) is 0 Å². The van der Waals surface area contributed by atoms with E-state index in [-0.39, 0.29) is 11.3 Å². The lowest BCUT2D eigenvalue weighted by molar-refractivity contribution is -0.276. The van der Waals surface area contributed by atoms with Crippen LogP contribution in [-0.4, -0.2) is 58.6 Å². The number of amides is 1. The molecule has 0 aliphatic heterocycles. The second-order valence-electron chi connectivity index (χ2n) is 6.20. The number of carbonyl (C=O) groups excluding carboxylic acids is 1. The highest BCUT2D eigenvalue weighted by atomic mass is 16.7. The van der Waals surface area contributed by atoms with Gasteiger partial charge in [-0.3, -0.25) is 4.79 Å². The number of likely N-dealkylation sites (N-methyl/N-ethyl adjacent to an activating group) is 1. The second kappa shape index (κ2) is 10.1. The summed E-state index contributed by atoms with van der Waals surface area (Å²) in [6.45, 7) is 11.1. The molecule has 1 atom stereocenters. The third-order valence-electron chi connectivity index (χ3n) is 3.50. The minimum absolute atomic E-state index is 0.0292. The van der Waals surface area contributed by atoms with Crippen LogP contribution < -0.4 is 16.0 Å². The molecule has 0 spiro atoms. The van der Waals surface area contributed by atoms with Crippen LogP contribution in [0.1, 0.15) is 34.1 Å². The number of carbonyl (C=O) groups is 1. The van der Waals surface area contributed by atoms with Crippen molar-refractivity contribution in [3.8, 4) is 0 Å². The summed E-state index contributed by atoms with van der Waals surface area (Å²) in [5.41, 5.74) is -0.156. The Labute approximate surface area is 129 Å². The Balaban J connectivity index is 4.16. The molecular weight excluding hydrogens is 270 g/mol. The Hall–Kier alpha value is -0.690. The topological polar surface area (TPSA) is 71.6 Å². The smallest absolute Gasteiger partial charge is 0.221 e. The first-order valence-corrected chi connectivity index (χ1v) is 7.60. The molecule has 0 saturated heterocycles. The summed E-state index contributed by atoms with van der Waals surface area (Å²) in [4.78, 5) is 11.5. The highest BCUT2D eigenvalue weighted by Gasteiger charge is 2.39. The van der Waals surface area contributed by atoms with Gasteiger partial charge in [0, 0.05) is 31.5 Å². The molecule has 0 radical (unpaired) electrons. The van der Waals surface area contributed by atoms with Gasteiger partial charge in [-0.05, 0) is 21.0 Å². The molecule has 0 aromatic rings. The van der Waals surface area contributed by atoms with Crippen molar-refractivity contribution in [1.82, 2.24) is 16.0 Å². The fourth-order valence-corrected chi connectivity index (χ4v) is 1.59. The lowest BCUT2D eigenvalue weighted by Gasteiger charge is -2.41. The number of hydrogen-bond acceptors (Lipinski definition) is 5. The Morgan fingerprint density at radius 1 is 0.905 bits per heavy atom. The fourth-order valence-electron chi connectivity index (χ4n) is 1.59. The van der Waals surface area contributed by atoms with Crippen molar-refractivity contribution in [3.63, 3.8) is 0 Å². The predicted molar refractivity (Wildman–Crippen MR) is 85.2 cm³/mol. The van der Waals surface area contributed by atoms with E-state index in [0.29, 0.717) is 32.7 Å². The van der Waals surface area contributed by atoms with Crippen molar-refractivity contribution < 1.29 is 14.3 Å².